The van der Waals surface area contributed by atoms with Crippen LogP contribution in [0.15, 0.2) is 52.9 Å². The summed E-state index contributed by atoms with van der Waals surface area (Å²) in [7, 11) is 1.58. The van der Waals surface area contributed by atoms with Gasteiger partial charge in [0.05, 0.1) is 23.2 Å². The van der Waals surface area contributed by atoms with Crippen molar-refractivity contribution >= 4 is 27.5 Å². The molecule has 0 aliphatic carbocycles. The van der Waals surface area contributed by atoms with E-state index in [1.54, 1.807) is 18.4 Å². The first-order chi connectivity index (χ1) is 14.2. The van der Waals surface area contributed by atoms with Crippen LogP contribution in [-0.2, 0) is 22.4 Å². The Morgan fingerprint density at radius 2 is 1.93 bits per heavy atom. The molecule has 0 unspecified atom stereocenters. The van der Waals surface area contributed by atoms with E-state index in [-0.39, 0.29) is 12.3 Å². The second-order valence-corrected chi connectivity index (χ2v) is 7.56. The molecule has 2 aromatic heterocycles. The number of carbonyl (C=O) groups is 1. The summed E-state index contributed by atoms with van der Waals surface area (Å²) in [6.07, 6.45) is 0.495. The second kappa shape index (κ2) is 8.93. The number of benzene rings is 2. The molecule has 0 saturated heterocycles. The fraction of sp³-hybridized carbons (Fsp3) is 0.238. The van der Waals surface area contributed by atoms with E-state index in [1.807, 2.05) is 24.3 Å². The average molecular weight is 408 g/mol. The lowest BCUT2D eigenvalue weighted by atomic mass is 10.1. The van der Waals surface area contributed by atoms with E-state index in [4.69, 9.17) is 9.15 Å². The summed E-state index contributed by atoms with van der Waals surface area (Å²) in [5.41, 5.74) is 3.28. The van der Waals surface area contributed by atoms with Crippen molar-refractivity contribution in [2.45, 2.75) is 12.8 Å². The van der Waals surface area contributed by atoms with Crippen LogP contribution in [0, 0.1) is 0 Å². The van der Waals surface area contributed by atoms with Gasteiger partial charge in [-0.1, -0.05) is 36.4 Å². The Balaban J connectivity index is 1.43. The molecule has 2 aromatic carbocycles. The SMILES string of the molecule is COCCNC(=O)Cc1nnc(Cc2nc3ccc(-c4ccccc4)cc3s2)o1. The molecule has 0 aliphatic heterocycles. The number of thiazole rings is 1. The fourth-order valence-corrected chi connectivity index (χ4v) is 3.91. The molecule has 0 radical (unpaired) electrons. The smallest absolute Gasteiger partial charge is 0.229 e. The lowest BCUT2D eigenvalue weighted by Gasteiger charge is -2.01. The van der Waals surface area contributed by atoms with Gasteiger partial charge in [0.1, 0.15) is 11.4 Å². The molecule has 29 heavy (non-hydrogen) atoms. The van der Waals surface area contributed by atoms with Crippen molar-refractivity contribution in [1.82, 2.24) is 20.5 Å². The predicted molar refractivity (Wildman–Crippen MR) is 111 cm³/mol. The third kappa shape index (κ3) is 4.85. The molecule has 0 saturated carbocycles. The van der Waals surface area contributed by atoms with E-state index >= 15 is 0 Å². The van der Waals surface area contributed by atoms with E-state index in [0.717, 1.165) is 20.8 Å². The molecule has 2 heterocycles. The fourth-order valence-electron chi connectivity index (χ4n) is 2.91. The molecule has 0 aliphatic rings. The number of rotatable bonds is 8. The maximum Gasteiger partial charge on any atom is 0.229 e. The van der Waals surface area contributed by atoms with Crippen molar-refractivity contribution in [3.8, 4) is 11.1 Å². The van der Waals surface area contributed by atoms with Crippen LogP contribution in [0.25, 0.3) is 21.3 Å². The summed E-state index contributed by atoms with van der Waals surface area (Å²) in [5.74, 6) is 0.570. The highest BCUT2D eigenvalue weighted by Gasteiger charge is 2.13. The molecule has 1 N–H and O–H groups in total. The number of hydrogen-bond acceptors (Lipinski definition) is 7. The molecule has 0 fully saturated rings. The topological polar surface area (TPSA) is 90.1 Å². The second-order valence-electron chi connectivity index (χ2n) is 6.44. The van der Waals surface area contributed by atoms with Gasteiger partial charge in [-0.2, -0.15) is 0 Å². The zero-order valence-electron chi connectivity index (χ0n) is 15.9. The van der Waals surface area contributed by atoms with Gasteiger partial charge in [-0.15, -0.1) is 21.5 Å². The number of nitrogens with one attached hydrogen (secondary N) is 1. The number of methoxy groups -OCH3 is 1. The highest BCUT2D eigenvalue weighted by molar-refractivity contribution is 7.18. The first-order valence-electron chi connectivity index (χ1n) is 9.23. The Morgan fingerprint density at radius 1 is 1.10 bits per heavy atom. The molecule has 7 nitrogen and oxygen atoms in total. The predicted octanol–water partition coefficient (Wildman–Crippen LogP) is 3.24. The standard InChI is InChI=1S/C21H20N4O3S/c1-27-10-9-22-18(26)12-19-24-25-20(28-19)13-21-23-16-8-7-15(11-17(16)29-21)14-5-3-2-4-6-14/h2-8,11H,9-10,12-13H2,1H3,(H,22,26). The summed E-state index contributed by atoms with van der Waals surface area (Å²) in [6, 6.07) is 16.5. The zero-order valence-corrected chi connectivity index (χ0v) is 16.7. The van der Waals surface area contributed by atoms with Crippen molar-refractivity contribution in [2.75, 3.05) is 20.3 Å². The molecule has 8 heteroatoms. The minimum absolute atomic E-state index is 0.0526. The minimum atomic E-state index is -0.175. The first-order valence-corrected chi connectivity index (χ1v) is 10.0. The third-order valence-corrected chi connectivity index (χ3v) is 5.31. The molecule has 1 amide bonds. The number of aromatic nitrogens is 3. The van der Waals surface area contributed by atoms with Crippen molar-refractivity contribution < 1.29 is 13.9 Å². The van der Waals surface area contributed by atoms with Gasteiger partial charge < -0.3 is 14.5 Å². The molecule has 0 atom stereocenters. The van der Waals surface area contributed by atoms with Crippen LogP contribution in [0.2, 0.25) is 0 Å². The molecule has 4 rings (SSSR count). The van der Waals surface area contributed by atoms with Crippen LogP contribution in [-0.4, -0.2) is 41.3 Å². The number of ether oxygens (including phenoxy) is 1. The van der Waals surface area contributed by atoms with Crippen LogP contribution >= 0.6 is 11.3 Å². The summed E-state index contributed by atoms with van der Waals surface area (Å²) in [6.45, 7) is 0.914. The van der Waals surface area contributed by atoms with Gasteiger partial charge in [0, 0.05) is 13.7 Å². The maximum absolute atomic E-state index is 11.8. The number of nitrogens with zero attached hydrogens (tertiary/aromatic N) is 3. The molecule has 0 bridgehead atoms. The Kier molecular flexibility index (Phi) is 5.92. The Bertz CT molecular complexity index is 1110. The first kappa shape index (κ1) is 19.2. The summed E-state index contributed by atoms with van der Waals surface area (Å²) in [5, 5.41) is 11.6. The lowest BCUT2D eigenvalue weighted by Crippen LogP contribution is -2.28. The highest BCUT2D eigenvalue weighted by Crippen LogP contribution is 2.29. The monoisotopic (exact) mass is 408 g/mol. The molecule has 0 spiro atoms. The van der Waals surface area contributed by atoms with Gasteiger partial charge in [0.15, 0.2) is 0 Å². The summed E-state index contributed by atoms with van der Waals surface area (Å²) >= 11 is 1.61. The largest absolute Gasteiger partial charge is 0.424 e. The van der Waals surface area contributed by atoms with E-state index in [2.05, 4.69) is 44.8 Å². The van der Waals surface area contributed by atoms with Gasteiger partial charge in [-0.3, -0.25) is 4.79 Å². The average Bonchev–Trinajstić information content (AvgIpc) is 3.34. The van der Waals surface area contributed by atoms with E-state index in [0.29, 0.717) is 31.4 Å². The minimum Gasteiger partial charge on any atom is -0.424 e. The Morgan fingerprint density at radius 3 is 2.76 bits per heavy atom. The van der Waals surface area contributed by atoms with Gasteiger partial charge in [-0.05, 0) is 23.3 Å². The van der Waals surface area contributed by atoms with Gasteiger partial charge in [-0.25, -0.2) is 4.98 Å². The number of fused-ring (bicyclic) bond motifs is 1. The van der Waals surface area contributed by atoms with Gasteiger partial charge in [0.2, 0.25) is 17.7 Å². The van der Waals surface area contributed by atoms with Crippen molar-refractivity contribution in [3.63, 3.8) is 0 Å². The quantitative estimate of drug-likeness (QED) is 0.450. The molecular formula is C21H20N4O3S. The van der Waals surface area contributed by atoms with Crippen molar-refractivity contribution in [1.29, 1.82) is 0 Å². The Hall–Kier alpha value is -3.10. The molecule has 148 valence electrons. The number of carbonyl (C=O) groups excluding carboxylic acids is 1. The lowest BCUT2D eigenvalue weighted by molar-refractivity contribution is -0.120. The molecular weight excluding hydrogens is 388 g/mol. The zero-order chi connectivity index (χ0) is 20.1. The van der Waals surface area contributed by atoms with Crippen LogP contribution in [0.3, 0.4) is 0 Å². The highest BCUT2D eigenvalue weighted by atomic mass is 32.1. The number of amides is 1. The van der Waals surface area contributed by atoms with Crippen LogP contribution in [0.4, 0.5) is 0 Å². The van der Waals surface area contributed by atoms with Crippen molar-refractivity contribution in [3.05, 3.63) is 65.3 Å². The molecule has 4 aromatic rings. The van der Waals surface area contributed by atoms with E-state index in [9.17, 15) is 4.79 Å². The maximum atomic E-state index is 11.8. The van der Waals surface area contributed by atoms with Crippen LogP contribution in [0.5, 0.6) is 0 Å². The Labute approximate surface area is 171 Å². The van der Waals surface area contributed by atoms with Crippen LogP contribution < -0.4 is 5.32 Å². The van der Waals surface area contributed by atoms with Gasteiger partial charge in [0.25, 0.3) is 0 Å². The van der Waals surface area contributed by atoms with E-state index < -0.39 is 0 Å². The van der Waals surface area contributed by atoms with Crippen molar-refractivity contribution in [2.24, 2.45) is 0 Å². The summed E-state index contributed by atoms with van der Waals surface area (Å²) < 4.78 is 11.6. The van der Waals surface area contributed by atoms with E-state index in [1.165, 1.54) is 5.56 Å². The summed E-state index contributed by atoms with van der Waals surface area (Å²) in [4.78, 5) is 16.5. The van der Waals surface area contributed by atoms with Gasteiger partial charge >= 0.3 is 0 Å². The number of hydrogen-bond donors (Lipinski definition) is 1. The third-order valence-electron chi connectivity index (χ3n) is 4.29. The van der Waals surface area contributed by atoms with Crippen LogP contribution in [0.1, 0.15) is 16.8 Å². The normalized spacial score (nSPS) is 11.1.